The van der Waals surface area contributed by atoms with Crippen molar-refractivity contribution < 1.29 is 24.3 Å². The van der Waals surface area contributed by atoms with Gasteiger partial charge in [-0.1, -0.05) is 37.1 Å². The van der Waals surface area contributed by atoms with Gasteiger partial charge in [0.2, 0.25) is 17.2 Å². The minimum absolute atomic E-state index is 0.0553. The van der Waals surface area contributed by atoms with Gasteiger partial charge in [0.1, 0.15) is 24.6 Å². The van der Waals surface area contributed by atoms with Crippen molar-refractivity contribution in [2.75, 3.05) is 36.4 Å². The van der Waals surface area contributed by atoms with E-state index in [1.807, 2.05) is 36.4 Å². The number of hydroxylamine groups is 1. The second kappa shape index (κ2) is 17.4. The summed E-state index contributed by atoms with van der Waals surface area (Å²) in [5.74, 6) is 1.48. The molecule has 59 heavy (non-hydrogen) atoms. The Balaban J connectivity index is 0.976. The van der Waals surface area contributed by atoms with Gasteiger partial charge in [-0.25, -0.2) is 10.1 Å². The summed E-state index contributed by atoms with van der Waals surface area (Å²) >= 11 is 0. The van der Waals surface area contributed by atoms with Crippen LogP contribution in [0.15, 0.2) is 60.7 Å². The molecule has 5 aliphatic heterocycles. The Morgan fingerprint density at radius 2 is 1.49 bits per heavy atom. The SMILES string of the molecule is O=C(CCCCCCC(=O)Nc1ccc(CNC(=O)c2cccc(C3=c4cc5c6c(c4Oc4c3cc3c7c4CCCN7CCCC3)CCC[N+]=6CCCC5)c2)cc1)NO. The van der Waals surface area contributed by atoms with Crippen molar-refractivity contribution in [3.05, 3.63) is 116 Å². The lowest BCUT2D eigenvalue weighted by molar-refractivity contribution is -0.129. The molecule has 0 bridgehead atoms. The number of anilines is 2. The topological polar surface area (TPSA) is 123 Å². The van der Waals surface area contributed by atoms with Gasteiger partial charge < -0.3 is 20.3 Å². The summed E-state index contributed by atoms with van der Waals surface area (Å²) in [5.41, 5.74) is 14.3. The maximum absolute atomic E-state index is 13.9. The molecule has 4 N–H and O–H groups in total. The molecule has 5 heterocycles. The molecule has 306 valence electrons. The predicted octanol–water partition coefficient (Wildman–Crippen LogP) is 6.62. The molecule has 4 aromatic rings. The second-order valence-corrected chi connectivity index (χ2v) is 17.0. The third-order valence-electron chi connectivity index (χ3n) is 13.0. The minimum Gasteiger partial charge on any atom is -0.455 e. The number of ether oxygens (including phenoxy) is 1. The van der Waals surface area contributed by atoms with Crippen LogP contribution in [0.3, 0.4) is 0 Å². The molecule has 9 rings (SSSR count). The number of aryl methyl sites for hydroxylation is 2. The first-order chi connectivity index (χ1) is 28.9. The van der Waals surface area contributed by atoms with E-state index in [1.54, 1.807) is 5.48 Å². The summed E-state index contributed by atoms with van der Waals surface area (Å²) in [7, 11) is 0. The van der Waals surface area contributed by atoms with Crippen molar-refractivity contribution in [1.29, 1.82) is 0 Å². The highest BCUT2D eigenvalue weighted by atomic mass is 16.5. The van der Waals surface area contributed by atoms with Crippen molar-refractivity contribution in [2.24, 2.45) is 0 Å². The Bertz CT molecular complexity index is 2420. The highest BCUT2D eigenvalue weighted by Gasteiger charge is 2.35. The lowest BCUT2D eigenvalue weighted by Gasteiger charge is -2.35. The first kappa shape index (κ1) is 39.0. The van der Waals surface area contributed by atoms with Gasteiger partial charge in [-0.05, 0) is 117 Å². The van der Waals surface area contributed by atoms with E-state index in [2.05, 4.69) is 44.4 Å². The molecule has 0 saturated carbocycles. The number of benzene rings is 4. The van der Waals surface area contributed by atoms with Crippen LogP contribution in [-0.4, -0.2) is 49.1 Å². The predicted molar refractivity (Wildman–Crippen MR) is 230 cm³/mol. The number of nitrogens with one attached hydrogen (secondary N) is 3. The number of hydrogen-bond acceptors (Lipinski definition) is 6. The molecular weight excluding hydrogens is 739 g/mol. The van der Waals surface area contributed by atoms with Crippen LogP contribution in [0.2, 0.25) is 0 Å². The highest BCUT2D eigenvalue weighted by Crippen LogP contribution is 2.48. The van der Waals surface area contributed by atoms with Crippen molar-refractivity contribution in [3.63, 3.8) is 0 Å². The average molecular weight is 795 g/mol. The van der Waals surface area contributed by atoms with Gasteiger partial charge >= 0.3 is 0 Å². The van der Waals surface area contributed by atoms with Crippen LogP contribution in [0.25, 0.3) is 5.57 Å². The number of unbranched alkanes of at least 4 members (excludes halogenated alkanes) is 3. The average Bonchev–Trinajstić information content (AvgIpc) is 3.61. The zero-order chi connectivity index (χ0) is 40.3. The van der Waals surface area contributed by atoms with Gasteiger partial charge in [0, 0.05) is 89.7 Å². The molecule has 10 nitrogen and oxygen atoms in total. The quantitative estimate of drug-likeness (QED) is 0.0488. The summed E-state index contributed by atoms with van der Waals surface area (Å²) in [4.78, 5) is 40.1. The fourth-order valence-corrected chi connectivity index (χ4v) is 10.2. The molecule has 0 atom stereocenters. The Morgan fingerprint density at radius 3 is 2.34 bits per heavy atom. The van der Waals surface area contributed by atoms with Gasteiger partial charge in [0.25, 0.3) is 5.91 Å². The number of amides is 3. The largest absolute Gasteiger partial charge is 0.455 e. The molecule has 0 unspecified atom stereocenters. The normalized spacial score (nSPS) is 16.3. The van der Waals surface area contributed by atoms with E-state index < -0.39 is 0 Å². The van der Waals surface area contributed by atoms with E-state index in [-0.39, 0.29) is 24.1 Å². The number of fused-ring (bicyclic) bond motifs is 4. The number of carbonyl (C=O) groups excluding carboxylic acids is 3. The first-order valence-corrected chi connectivity index (χ1v) is 22.1. The summed E-state index contributed by atoms with van der Waals surface area (Å²) in [5, 5.41) is 17.3. The molecule has 3 amide bonds. The molecule has 0 saturated heterocycles. The van der Waals surface area contributed by atoms with Crippen molar-refractivity contribution in [2.45, 2.75) is 109 Å². The van der Waals surface area contributed by atoms with E-state index in [9.17, 15) is 14.4 Å². The van der Waals surface area contributed by atoms with Crippen LogP contribution >= 0.6 is 0 Å². The maximum atomic E-state index is 13.9. The van der Waals surface area contributed by atoms with E-state index in [0.29, 0.717) is 30.6 Å². The number of rotatable bonds is 12. The molecular formula is C49H56N5O5+. The van der Waals surface area contributed by atoms with Crippen LogP contribution in [0.1, 0.15) is 126 Å². The summed E-state index contributed by atoms with van der Waals surface area (Å²) < 4.78 is 9.91. The van der Waals surface area contributed by atoms with Crippen molar-refractivity contribution in [3.8, 4) is 11.5 Å². The smallest absolute Gasteiger partial charge is 0.251 e. The monoisotopic (exact) mass is 794 g/mol. The molecule has 0 spiro atoms. The lowest BCUT2D eigenvalue weighted by atomic mass is 9.84. The van der Waals surface area contributed by atoms with Crippen LogP contribution in [0.4, 0.5) is 11.4 Å². The molecule has 0 aliphatic carbocycles. The molecule has 0 fully saturated rings. The van der Waals surface area contributed by atoms with Crippen molar-refractivity contribution in [1.82, 2.24) is 15.4 Å². The Labute approximate surface area is 346 Å². The Morgan fingerprint density at radius 1 is 0.729 bits per heavy atom. The Hall–Kier alpha value is -5.48. The van der Waals surface area contributed by atoms with E-state index in [0.717, 1.165) is 117 Å². The minimum atomic E-state index is -0.385. The van der Waals surface area contributed by atoms with Gasteiger partial charge in [0.05, 0.1) is 5.56 Å². The fourth-order valence-electron chi connectivity index (χ4n) is 10.2. The molecule has 5 aliphatic rings. The van der Waals surface area contributed by atoms with Crippen LogP contribution in [-0.2, 0) is 41.8 Å². The Kier molecular flexibility index (Phi) is 11.5. The van der Waals surface area contributed by atoms with Gasteiger partial charge in [-0.3, -0.25) is 19.6 Å². The van der Waals surface area contributed by atoms with Crippen molar-refractivity contribution >= 4 is 34.7 Å². The summed E-state index contributed by atoms with van der Waals surface area (Å²) in [6, 6.07) is 20.6. The number of hydrogen-bond donors (Lipinski definition) is 4. The zero-order valence-electron chi connectivity index (χ0n) is 34.1. The standard InChI is InChI=1S/C49H55N5O5/c55-42(18-3-1-2-4-19-43(56)52-58)51-37-22-20-32(21-23-37)31-50-49(57)36-15-9-14-33(28-36)44-40-29-34-12-5-7-24-53-26-10-16-38(45(34)53)47(40)59-48-39-17-11-27-54-25-8-6-13-35(46(39)54)30-41(44)48/h9,14-15,20-23,28-30H,1-8,10-13,16-19,24-27,31H2,(H3-,50,51,52,55,56,57,58)/p+1. The molecule has 0 aromatic heterocycles. The van der Waals surface area contributed by atoms with Gasteiger partial charge in [-0.15, -0.1) is 0 Å². The molecule has 10 heteroatoms. The van der Waals surface area contributed by atoms with Crippen LogP contribution in [0, 0.1) is 0 Å². The van der Waals surface area contributed by atoms with E-state index in [4.69, 9.17) is 9.94 Å². The second-order valence-electron chi connectivity index (χ2n) is 17.0. The lowest BCUT2D eigenvalue weighted by Crippen LogP contribution is -2.41. The zero-order valence-corrected chi connectivity index (χ0v) is 34.1. The van der Waals surface area contributed by atoms with Crippen LogP contribution in [0.5, 0.6) is 11.5 Å². The first-order valence-electron chi connectivity index (χ1n) is 22.1. The molecule has 0 radical (unpaired) electrons. The number of nitrogens with zero attached hydrogens (tertiary/aromatic N) is 2. The highest BCUT2D eigenvalue weighted by molar-refractivity contribution is 5.97. The van der Waals surface area contributed by atoms with Crippen LogP contribution < -0.4 is 40.9 Å². The fraction of sp³-hybridized carbons (Fsp3) is 0.429. The third-order valence-corrected chi connectivity index (χ3v) is 13.0. The third kappa shape index (κ3) is 8.12. The number of carbonyl (C=O) groups is 3. The summed E-state index contributed by atoms with van der Waals surface area (Å²) in [6.45, 7) is 4.79. The van der Waals surface area contributed by atoms with Gasteiger partial charge in [0.15, 0.2) is 0 Å². The maximum Gasteiger partial charge on any atom is 0.251 e. The summed E-state index contributed by atoms with van der Waals surface area (Å²) in [6.07, 6.45) is 15.0. The van der Waals surface area contributed by atoms with Gasteiger partial charge in [-0.2, -0.15) is 0 Å². The molecule has 4 aromatic carbocycles. The van der Waals surface area contributed by atoms with E-state index >= 15 is 0 Å². The van der Waals surface area contributed by atoms with E-state index in [1.165, 1.54) is 64.6 Å².